The van der Waals surface area contributed by atoms with Gasteiger partial charge in [0.2, 0.25) is 5.89 Å². The number of aromatic nitrogens is 1. The van der Waals surface area contributed by atoms with E-state index in [1.54, 1.807) is 6.26 Å². The van der Waals surface area contributed by atoms with E-state index in [2.05, 4.69) is 4.98 Å². The average molecular weight is 413 g/mol. The lowest BCUT2D eigenvalue weighted by Gasteiger charge is -2.06. The first-order valence-electron chi connectivity index (χ1n) is 9.22. The number of ether oxygens (including phenoxy) is 1. The van der Waals surface area contributed by atoms with Crippen molar-refractivity contribution in [1.29, 1.82) is 0 Å². The number of hydrogen-bond acceptors (Lipinski definition) is 6. The van der Waals surface area contributed by atoms with E-state index in [4.69, 9.17) is 13.3 Å². The third kappa shape index (κ3) is 7.56. The van der Waals surface area contributed by atoms with Crippen LogP contribution in [0.1, 0.15) is 29.1 Å². The molecule has 1 heterocycles. The highest BCUT2D eigenvalue weighted by Gasteiger charge is 2.04. The van der Waals surface area contributed by atoms with E-state index in [0.29, 0.717) is 24.6 Å². The fourth-order valence-electron chi connectivity index (χ4n) is 2.59. The van der Waals surface area contributed by atoms with E-state index >= 15 is 0 Å². The van der Waals surface area contributed by atoms with E-state index in [0.717, 1.165) is 29.6 Å². The van der Waals surface area contributed by atoms with Crippen molar-refractivity contribution >= 4 is 22.3 Å². The molecule has 29 heavy (non-hydrogen) atoms. The molecule has 152 valence electrons. The van der Waals surface area contributed by atoms with Crippen LogP contribution in [0.15, 0.2) is 65.3 Å². The van der Waals surface area contributed by atoms with Gasteiger partial charge < -0.3 is 9.15 Å². The van der Waals surface area contributed by atoms with Crippen LogP contribution in [0.5, 0.6) is 5.75 Å². The molecule has 0 radical (unpaired) electrons. The third-order valence-corrected chi connectivity index (χ3v) is 4.60. The second-order valence-corrected chi connectivity index (χ2v) is 8.13. The molecular formula is C22H23NO5S. The Kier molecular flexibility index (Phi) is 7.21. The van der Waals surface area contributed by atoms with Crippen LogP contribution in [0.3, 0.4) is 0 Å². The van der Waals surface area contributed by atoms with Gasteiger partial charge in [-0.15, -0.1) is 0 Å². The second kappa shape index (κ2) is 10.0. The molecule has 0 amide bonds. The Balaban J connectivity index is 1.44. The SMILES string of the molecule is CS(=O)(=O)OCCCc1ccc(OCc2coc(/C=C/c3ccccc3)n2)cc1. The zero-order valence-corrected chi connectivity index (χ0v) is 17.0. The summed E-state index contributed by atoms with van der Waals surface area (Å²) in [5, 5.41) is 0. The van der Waals surface area contributed by atoms with Crippen LogP contribution in [0.4, 0.5) is 0 Å². The van der Waals surface area contributed by atoms with Crippen molar-refractivity contribution in [2.75, 3.05) is 12.9 Å². The predicted molar refractivity (Wildman–Crippen MR) is 112 cm³/mol. The maximum Gasteiger partial charge on any atom is 0.264 e. The number of nitrogens with zero attached hydrogens (tertiary/aromatic N) is 1. The van der Waals surface area contributed by atoms with Gasteiger partial charge in [0.05, 0.1) is 12.9 Å². The van der Waals surface area contributed by atoms with Crippen molar-refractivity contribution in [2.45, 2.75) is 19.4 Å². The summed E-state index contributed by atoms with van der Waals surface area (Å²) in [7, 11) is -3.37. The van der Waals surface area contributed by atoms with Crippen molar-refractivity contribution in [3.63, 3.8) is 0 Å². The molecule has 0 N–H and O–H groups in total. The van der Waals surface area contributed by atoms with Crippen LogP contribution < -0.4 is 4.74 Å². The molecule has 3 rings (SSSR count). The van der Waals surface area contributed by atoms with Crippen molar-refractivity contribution in [3.05, 3.63) is 83.6 Å². The van der Waals surface area contributed by atoms with Gasteiger partial charge in [-0.3, -0.25) is 4.18 Å². The summed E-state index contributed by atoms with van der Waals surface area (Å²) < 4.78 is 37.8. The second-order valence-electron chi connectivity index (χ2n) is 6.48. The summed E-state index contributed by atoms with van der Waals surface area (Å²) in [6.07, 6.45) is 7.76. The first kappa shape index (κ1) is 20.8. The molecule has 0 atom stereocenters. The largest absolute Gasteiger partial charge is 0.487 e. The van der Waals surface area contributed by atoms with Crippen LogP contribution in [-0.2, 0) is 27.3 Å². The van der Waals surface area contributed by atoms with Gasteiger partial charge in [0.15, 0.2) is 0 Å². The first-order valence-corrected chi connectivity index (χ1v) is 11.0. The van der Waals surface area contributed by atoms with E-state index in [-0.39, 0.29) is 6.61 Å². The number of hydrogen-bond donors (Lipinski definition) is 0. The third-order valence-electron chi connectivity index (χ3n) is 4.00. The van der Waals surface area contributed by atoms with Gasteiger partial charge in [-0.25, -0.2) is 4.98 Å². The summed E-state index contributed by atoms with van der Waals surface area (Å²) in [4.78, 5) is 4.39. The van der Waals surface area contributed by atoms with Gasteiger partial charge in [0.25, 0.3) is 10.1 Å². The smallest absolute Gasteiger partial charge is 0.264 e. The Morgan fingerprint density at radius 3 is 2.52 bits per heavy atom. The molecule has 0 aliphatic heterocycles. The van der Waals surface area contributed by atoms with Gasteiger partial charge in [0, 0.05) is 6.08 Å². The Morgan fingerprint density at radius 2 is 1.79 bits per heavy atom. The van der Waals surface area contributed by atoms with E-state index in [9.17, 15) is 8.42 Å². The standard InChI is InChI=1S/C22H23NO5S/c1-29(24,25)28-15-5-8-19-9-12-21(13-10-19)26-16-20-17-27-22(23-20)14-11-18-6-3-2-4-7-18/h2-4,6-7,9-14,17H,5,8,15-16H2,1H3/b14-11+. The minimum absolute atomic E-state index is 0.185. The quantitative estimate of drug-likeness (QED) is 0.364. The molecule has 0 unspecified atom stereocenters. The normalized spacial score (nSPS) is 11.8. The number of aryl methyl sites for hydroxylation is 1. The van der Waals surface area contributed by atoms with Crippen LogP contribution in [-0.4, -0.2) is 26.3 Å². The molecule has 0 bridgehead atoms. The molecule has 0 fully saturated rings. The monoisotopic (exact) mass is 413 g/mol. The minimum atomic E-state index is -3.37. The average Bonchev–Trinajstić information content (AvgIpc) is 3.17. The lowest BCUT2D eigenvalue weighted by Crippen LogP contribution is -2.04. The Bertz CT molecular complexity index is 1020. The summed E-state index contributed by atoms with van der Waals surface area (Å²) in [6.45, 7) is 0.495. The van der Waals surface area contributed by atoms with Gasteiger partial charge >= 0.3 is 0 Å². The topological polar surface area (TPSA) is 78.6 Å². The lowest BCUT2D eigenvalue weighted by molar-refractivity contribution is 0.301. The summed E-state index contributed by atoms with van der Waals surface area (Å²) in [5.74, 6) is 1.25. The fraction of sp³-hybridized carbons (Fsp3) is 0.227. The molecule has 0 spiro atoms. The van der Waals surface area contributed by atoms with E-state index in [1.165, 1.54) is 0 Å². The molecule has 0 saturated heterocycles. The molecule has 7 heteroatoms. The number of rotatable bonds is 10. The Labute approximate surface area is 170 Å². The molecule has 3 aromatic rings. The molecule has 0 aliphatic carbocycles. The first-order chi connectivity index (χ1) is 14.0. The highest BCUT2D eigenvalue weighted by Crippen LogP contribution is 2.16. The highest BCUT2D eigenvalue weighted by atomic mass is 32.2. The van der Waals surface area contributed by atoms with E-state index in [1.807, 2.05) is 66.7 Å². The summed E-state index contributed by atoms with van der Waals surface area (Å²) >= 11 is 0. The van der Waals surface area contributed by atoms with Crippen LogP contribution in [0.2, 0.25) is 0 Å². The van der Waals surface area contributed by atoms with Crippen molar-refractivity contribution in [2.24, 2.45) is 0 Å². The van der Waals surface area contributed by atoms with Crippen LogP contribution in [0, 0.1) is 0 Å². The predicted octanol–water partition coefficient (Wildman–Crippen LogP) is 4.33. The van der Waals surface area contributed by atoms with Crippen LogP contribution >= 0.6 is 0 Å². The maximum atomic E-state index is 10.9. The lowest BCUT2D eigenvalue weighted by atomic mass is 10.1. The van der Waals surface area contributed by atoms with Crippen molar-refractivity contribution in [3.8, 4) is 5.75 Å². The molecule has 1 aromatic heterocycles. The fourth-order valence-corrected chi connectivity index (χ4v) is 3.01. The van der Waals surface area contributed by atoms with Crippen molar-refractivity contribution in [1.82, 2.24) is 4.98 Å². The Hall–Kier alpha value is -2.90. The maximum absolute atomic E-state index is 10.9. The Morgan fingerprint density at radius 1 is 1.03 bits per heavy atom. The summed E-state index contributed by atoms with van der Waals surface area (Å²) in [6, 6.07) is 17.6. The molecular weight excluding hydrogens is 390 g/mol. The van der Waals surface area contributed by atoms with Gasteiger partial charge in [-0.05, 0) is 42.2 Å². The number of oxazole rings is 1. The molecule has 2 aromatic carbocycles. The molecule has 0 aliphatic rings. The van der Waals surface area contributed by atoms with E-state index < -0.39 is 10.1 Å². The molecule has 0 saturated carbocycles. The molecule has 6 nitrogen and oxygen atoms in total. The summed E-state index contributed by atoms with van der Waals surface area (Å²) in [5.41, 5.74) is 2.87. The zero-order chi connectivity index (χ0) is 20.5. The van der Waals surface area contributed by atoms with Crippen LogP contribution in [0.25, 0.3) is 12.2 Å². The van der Waals surface area contributed by atoms with Gasteiger partial charge in [-0.2, -0.15) is 8.42 Å². The van der Waals surface area contributed by atoms with Gasteiger partial charge in [0.1, 0.15) is 24.3 Å². The number of benzene rings is 2. The van der Waals surface area contributed by atoms with Gasteiger partial charge in [-0.1, -0.05) is 42.5 Å². The van der Waals surface area contributed by atoms with Crippen molar-refractivity contribution < 1.29 is 21.8 Å². The minimum Gasteiger partial charge on any atom is -0.487 e. The highest BCUT2D eigenvalue weighted by molar-refractivity contribution is 7.85. The zero-order valence-electron chi connectivity index (χ0n) is 16.2.